The van der Waals surface area contributed by atoms with Gasteiger partial charge < -0.3 is 15.3 Å². The van der Waals surface area contributed by atoms with E-state index in [9.17, 15) is 9.59 Å². The number of nitrogens with zero attached hydrogens (tertiary/aromatic N) is 1. The molecule has 1 saturated heterocycles. The molecule has 0 unspecified atom stereocenters. The number of carbonyl (C=O) groups excluding carboxylic acids is 1. The summed E-state index contributed by atoms with van der Waals surface area (Å²) < 4.78 is 0. The minimum Gasteiger partial charge on any atom is -0.480 e. The van der Waals surface area contributed by atoms with Crippen molar-refractivity contribution in [3.05, 3.63) is 0 Å². The van der Waals surface area contributed by atoms with Crippen LogP contribution in [0.2, 0.25) is 0 Å². The van der Waals surface area contributed by atoms with Crippen LogP contribution >= 0.6 is 11.8 Å². The molecular weight excluding hydrogens is 264 g/mol. The molecule has 2 amide bonds. The van der Waals surface area contributed by atoms with Gasteiger partial charge in [-0.1, -0.05) is 13.8 Å². The fourth-order valence-corrected chi connectivity index (χ4v) is 3.79. The smallest absolute Gasteiger partial charge is 0.327 e. The Labute approximate surface area is 118 Å². The van der Waals surface area contributed by atoms with Crippen molar-refractivity contribution in [1.82, 2.24) is 10.2 Å². The van der Waals surface area contributed by atoms with E-state index in [1.807, 2.05) is 0 Å². The van der Waals surface area contributed by atoms with Gasteiger partial charge in [0, 0.05) is 11.8 Å². The molecule has 1 aliphatic heterocycles. The predicted molar refractivity (Wildman–Crippen MR) is 75.2 cm³/mol. The fraction of sp³-hybridized carbons (Fsp3) is 0.846. The van der Waals surface area contributed by atoms with E-state index < -0.39 is 12.0 Å². The lowest BCUT2D eigenvalue weighted by molar-refractivity contribution is -0.140. The van der Waals surface area contributed by atoms with Crippen LogP contribution in [0.1, 0.15) is 39.5 Å². The molecule has 1 atom stereocenters. The predicted octanol–water partition coefficient (Wildman–Crippen LogP) is 2.12. The first-order valence-corrected chi connectivity index (χ1v) is 7.92. The van der Waals surface area contributed by atoms with Crippen molar-refractivity contribution >= 4 is 23.8 Å². The summed E-state index contributed by atoms with van der Waals surface area (Å²) in [7, 11) is 0. The summed E-state index contributed by atoms with van der Waals surface area (Å²) >= 11 is 1.49. The molecule has 1 heterocycles. The first-order chi connectivity index (χ1) is 8.89. The summed E-state index contributed by atoms with van der Waals surface area (Å²) in [5.74, 6) is 0.0477. The molecule has 0 aromatic heterocycles. The third-order valence-electron chi connectivity index (χ3n) is 4.09. The zero-order valence-corrected chi connectivity index (χ0v) is 12.3. The van der Waals surface area contributed by atoms with E-state index in [2.05, 4.69) is 19.2 Å². The highest BCUT2D eigenvalue weighted by Crippen LogP contribution is 2.35. The SMILES string of the molecule is CC1(C)CCC(NC(=O)N2CSC[C@H]2C(=O)O)CC1. The molecule has 0 aromatic rings. The second-order valence-electron chi connectivity index (χ2n) is 6.21. The highest BCUT2D eigenvalue weighted by atomic mass is 32.2. The van der Waals surface area contributed by atoms with E-state index in [1.54, 1.807) is 0 Å². The molecule has 2 N–H and O–H groups in total. The molecule has 0 spiro atoms. The number of carboxylic acid groups (broad SMARTS) is 1. The zero-order valence-electron chi connectivity index (χ0n) is 11.5. The number of thioether (sulfide) groups is 1. The lowest BCUT2D eigenvalue weighted by atomic mass is 9.75. The van der Waals surface area contributed by atoms with Gasteiger partial charge in [-0.15, -0.1) is 11.8 Å². The topological polar surface area (TPSA) is 69.6 Å². The summed E-state index contributed by atoms with van der Waals surface area (Å²) in [5.41, 5.74) is 0.369. The van der Waals surface area contributed by atoms with Gasteiger partial charge >= 0.3 is 12.0 Å². The Balaban J connectivity index is 1.86. The van der Waals surface area contributed by atoms with Gasteiger partial charge in [0.25, 0.3) is 0 Å². The minimum absolute atomic E-state index is 0.195. The molecule has 1 aliphatic carbocycles. The van der Waals surface area contributed by atoms with Gasteiger partial charge in [0.05, 0.1) is 5.88 Å². The first-order valence-electron chi connectivity index (χ1n) is 6.77. The first kappa shape index (κ1) is 14.5. The molecule has 0 radical (unpaired) electrons. The second-order valence-corrected chi connectivity index (χ2v) is 7.21. The number of carboxylic acids is 1. The van der Waals surface area contributed by atoms with Gasteiger partial charge in [0.15, 0.2) is 0 Å². The normalized spacial score (nSPS) is 27.3. The van der Waals surface area contributed by atoms with Crippen LogP contribution in [0.25, 0.3) is 0 Å². The van der Waals surface area contributed by atoms with Crippen molar-refractivity contribution in [1.29, 1.82) is 0 Å². The largest absolute Gasteiger partial charge is 0.480 e. The Morgan fingerprint density at radius 2 is 1.95 bits per heavy atom. The van der Waals surface area contributed by atoms with Gasteiger partial charge in [0.1, 0.15) is 6.04 Å². The molecule has 2 aliphatic rings. The van der Waals surface area contributed by atoms with Crippen molar-refractivity contribution in [2.75, 3.05) is 11.6 Å². The maximum atomic E-state index is 12.1. The van der Waals surface area contributed by atoms with Crippen LogP contribution in [0.3, 0.4) is 0 Å². The van der Waals surface area contributed by atoms with Crippen LogP contribution in [0.15, 0.2) is 0 Å². The summed E-state index contributed by atoms with van der Waals surface area (Å²) in [6, 6.07) is -0.701. The molecule has 2 fully saturated rings. The standard InChI is InChI=1S/C13H22N2O3S/c1-13(2)5-3-9(4-6-13)14-12(18)15-8-19-7-10(15)11(16)17/h9-10H,3-8H2,1-2H3,(H,14,18)(H,16,17)/t10-/m0/s1. The molecule has 0 aromatic carbocycles. The van der Waals surface area contributed by atoms with Gasteiger partial charge in [-0.2, -0.15) is 0 Å². The number of amides is 2. The minimum atomic E-state index is -0.912. The van der Waals surface area contributed by atoms with Crippen LogP contribution in [0.4, 0.5) is 4.79 Å². The van der Waals surface area contributed by atoms with E-state index >= 15 is 0 Å². The Bertz CT molecular complexity index is 363. The number of nitrogens with one attached hydrogen (secondary N) is 1. The summed E-state index contributed by atoms with van der Waals surface area (Å²) in [6.45, 7) is 4.51. The summed E-state index contributed by atoms with van der Waals surface area (Å²) in [5, 5.41) is 12.1. The van der Waals surface area contributed by atoms with Crippen molar-refractivity contribution in [3.8, 4) is 0 Å². The van der Waals surface area contributed by atoms with Crippen LogP contribution in [0, 0.1) is 5.41 Å². The number of carbonyl (C=O) groups is 2. The van der Waals surface area contributed by atoms with Crippen LogP contribution in [-0.2, 0) is 4.79 Å². The quantitative estimate of drug-likeness (QED) is 0.816. The summed E-state index contributed by atoms with van der Waals surface area (Å²) in [4.78, 5) is 24.6. The Kier molecular flexibility index (Phi) is 4.28. The highest BCUT2D eigenvalue weighted by molar-refractivity contribution is 7.99. The number of aliphatic carboxylic acids is 1. The van der Waals surface area contributed by atoms with E-state index in [4.69, 9.17) is 5.11 Å². The van der Waals surface area contributed by atoms with Crippen molar-refractivity contribution in [2.24, 2.45) is 5.41 Å². The number of rotatable bonds is 2. The number of hydrogen-bond donors (Lipinski definition) is 2. The highest BCUT2D eigenvalue weighted by Gasteiger charge is 2.36. The average Bonchev–Trinajstić information content (AvgIpc) is 2.81. The Hall–Kier alpha value is -0.910. The monoisotopic (exact) mass is 286 g/mol. The van der Waals surface area contributed by atoms with Gasteiger partial charge in [0.2, 0.25) is 0 Å². The molecule has 2 rings (SSSR count). The maximum absolute atomic E-state index is 12.1. The van der Waals surface area contributed by atoms with Crippen LogP contribution in [-0.4, -0.2) is 45.7 Å². The van der Waals surface area contributed by atoms with Crippen LogP contribution < -0.4 is 5.32 Å². The molecule has 0 bridgehead atoms. The van der Waals surface area contributed by atoms with E-state index in [-0.39, 0.29) is 12.1 Å². The number of urea groups is 1. The van der Waals surface area contributed by atoms with Gasteiger partial charge in [-0.05, 0) is 31.1 Å². The third-order valence-corrected chi connectivity index (χ3v) is 5.11. The molecule has 19 heavy (non-hydrogen) atoms. The molecule has 6 heteroatoms. The van der Waals surface area contributed by atoms with E-state index in [0.29, 0.717) is 17.0 Å². The van der Waals surface area contributed by atoms with Crippen molar-refractivity contribution in [3.63, 3.8) is 0 Å². The molecule has 5 nitrogen and oxygen atoms in total. The maximum Gasteiger partial charge on any atom is 0.327 e. The lowest BCUT2D eigenvalue weighted by Gasteiger charge is -2.35. The molecule has 108 valence electrons. The summed E-state index contributed by atoms with van der Waals surface area (Å²) in [6.07, 6.45) is 4.18. The van der Waals surface area contributed by atoms with Crippen molar-refractivity contribution < 1.29 is 14.7 Å². The molecule has 1 saturated carbocycles. The fourth-order valence-electron chi connectivity index (χ4n) is 2.65. The average molecular weight is 286 g/mol. The lowest BCUT2D eigenvalue weighted by Crippen LogP contribution is -2.50. The van der Waals surface area contributed by atoms with Crippen LogP contribution in [0.5, 0.6) is 0 Å². The second kappa shape index (κ2) is 5.61. The van der Waals surface area contributed by atoms with E-state index in [0.717, 1.165) is 25.7 Å². The molecular formula is C13H22N2O3S. The Morgan fingerprint density at radius 3 is 2.53 bits per heavy atom. The van der Waals surface area contributed by atoms with Gasteiger partial charge in [-0.25, -0.2) is 9.59 Å². The van der Waals surface area contributed by atoms with Crippen molar-refractivity contribution in [2.45, 2.75) is 51.6 Å². The van der Waals surface area contributed by atoms with E-state index in [1.165, 1.54) is 16.7 Å². The van der Waals surface area contributed by atoms with Gasteiger partial charge in [-0.3, -0.25) is 0 Å². The zero-order chi connectivity index (χ0) is 14.0. The number of hydrogen-bond acceptors (Lipinski definition) is 3. The third kappa shape index (κ3) is 3.55. The Morgan fingerprint density at radius 1 is 1.32 bits per heavy atom.